The van der Waals surface area contributed by atoms with Gasteiger partial charge in [0.1, 0.15) is 15.4 Å². The molecule has 2 fully saturated rings. The molecule has 27 heavy (non-hydrogen) atoms. The summed E-state index contributed by atoms with van der Waals surface area (Å²) in [7, 11) is 0. The number of hydrazine groups is 1. The van der Waals surface area contributed by atoms with Gasteiger partial charge in [0.05, 0.1) is 5.69 Å². The molecule has 2 aliphatic rings. The number of aryl methyl sites for hydroxylation is 1. The van der Waals surface area contributed by atoms with Crippen molar-refractivity contribution in [1.82, 2.24) is 20.7 Å². The number of carbonyl (C=O) groups excluding carboxylic acids is 3. The lowest BCUT2D eigenvalue weighted by Crippen LogP contribution is -2.51. The van der Waals surface area contributed by atoms with Crippen molar-refractivity contribution in [3.63, 3.8) is 0 Å². The van der Waals surface area contributed by atoms with Crippen LogP contribution in [0.4, 0.5) is 4.79 Å². The molecule has 1 saturated carbocycles. The Hall–Kier alpha value is -2.26. The molecule has 0 radical (unpaired) electrons. The first-order valence-corrected chi connectivity index (χ1v) is 10.6. The Kier molecular flexibility index (Phi) is 4.51. The Morgan fingerprint density at radius 3 is 2.78 bits per heavy atom. The van der Waals surface area contributed by atoms with Gasteiger partial charge in [0, 0.05) is 10.9 Å². The summed E-state index contributed by atoms with van der Waals surface area (Å²) in [6, 6.07) is 1.37. The van der Waals surface area contributed by atoms with Gasteiger partial charge in [0.25, 0.3) is 11.8 Å². The second kappa shape index (κ2) is 6.72. The molecule has 1 saturated heterocycles. The van der Waals surface area contributed by atoms with E-state index in [9.17, 15) is 14.4 Å². The predicted molar refractivity (Wildman–Crippen MR) is 103 cm³/mol. The Morgan fingerprint density at radius 1 is 1.37 bits per heavy atom. The molecular formula is C18H20N4O3S2. The summed E-state index contributed by atoms with van der Waals surface area (Å²) in [6.07, 6.45) is 2.97. The SMILES string of the molecule is Cc1nc(-c2ccsc2)sc1C(=O)NN1C(=O)NC2(CCC(C)CC2)C1=O. The van der Waals surface area contributed by atoms with Crippen LogP contribution in [0.15, 0.2) is 16.8 Å². The van der Waals surface area contributed by atoms with Gasteiger partial charge < -0.3 is 5.32 Å². The number of hydrogen-bond acceptors (Lipinski definition) is 6. The molecule has 7 nitrogen and oxygen atoms in total. The third kappa shape index (κ3) is 3.14. The van der Waals surface area contributed by atoms with Gasteiger partial charge in [-0.15, -0.1) is 11.3 Å². The molecule has 0 atom stereocenters. The highest BCUT2D eigenvalue weighted by atomic mass is 32.1. The van der Waals surface area contributed by atoms with Gasteiger partial charge in [-0.2, -0.15) is 16.3 Å². The van der Waals surface area contributed by atoms with E-state index in [1.807, 2.05) is 16.8 Å². The smallest absolute Gasteiger partial charge is 0.322 e. The van der Waals surface area contributed by atoms with Crippen molar-refractivity contribution >= 4 is 40.5 Å². The van der Waals surface area contributed by atoms with Crippen LogP contribution in [0.5, 0.6) is 0 Å². The van der Waals surface area contributed by atoms with Gasteiger partial charge in [-0.05, 0) is 50.0 Å². The number of urea groups is 1. The highest BCUT2D eigenvalue weighted by Crippen LogP contribution is 2.36. The maximum Gasteiger partial charge on any atom is 0.344 e. The Labute approximate surface area is 164 Å². The molecule has 2 aromatic heterocycles. The minimum atomic E-state index is -0.874. The zero-order valence-corrected chi connectivity index (χ0v) is 16.7. The molecule has 142 valence electrons. The number of amides is 4. The number of thiophene rings is 1. The maximum absolute atomic E-state index is 12.9. The number of carbonyl (C=O) groups is 3. The second-order valence-corrected chi connectivity index (χ2v) is 9.00. The zero-order valence-electron chi connectivity index (χ0n) is 15.1. The van der Waals surface area contributed by atoms with Crippen LogP contribution in [0.3, 0.4) is 0 Å². The molecular weight excluding hydrogens is 384 g/mol. The molecule has 2 N–H and O–H groups in total. The first-order chi connectivity index (χ1) is 12.9. The molecule has 1 spiro atoms. The van der Waals surface area contributed by atoms with Crippen molar-refractivity contribution in [2.75, 3.05) is 0 Å². The standard InChI is InChI=1S/C18H20N4O3S2/c1-10-3-6-18(7-4-10)16(24)22(17(25)20-18)21-14(23)13-11(2)19-15(27-13)12-5-8-26-9-12/h5,8-10H,3-4,6-7H2,1-2H3,(H,20,25)(H,21,23). The van der Waals surface area contributed by atoms with E-state index in [-0.39, 0.29) is 5.91 Å². The van der Waals surface area contributed by atoms with Gasteiger partial charge in [0.15, 0.2) is 0 Å². The molecule has 9 heteroatoms. The molecule has 0 aromatic carbocycles. The van der Waals surface area contributed by atoms with Crippen molar-refractivity contribution in [1.29, 1.82) is 0 Å². The molecule has 0 bridgehead atoms. The highest BCUT2D eigenvalue weighted by Gasteiger charge is 2.53. The lowest BCUT2D eigenvalue weighted by atomic mass is 9.77. The van der Waals surface area contributed by atoms with Gasteiger partial charge >= 0.3 is 6.03 Å². The Morgan fingerprint density at radius 2 is 2.11 bits per heavy atom. The number of imide groups is 1. The summed E-state index contributed by atoms with van der Waals surface area (Å²) in [4.78, 5) is 42.8. The fourth-order valence-corrected chi connectivity index (χ4v) is 5.25. The average Bonchev–Trinajstić information content (AvgIpc) is 3.34. The molecule has 0 unspecified atom stereocenters. The van der Waals surface area contributed by atoms with Crippen LogP contribution < -0.4 is 10.7 Å². The first kappa shape index (κ1) is 18.1. The lowest BCUT2D eigenvalue weighted by Gasteiger charge is -2.33. The first-order valence-electron chi connectivity index (χ1n) is 8.87. The minimum absolute atomic E-state index is 0.368. The molecule has 2 aromatic rings. The molecule has 4 rings (SSSR count). The summed E-state index contributed by atoms with van der Waals surface area (Å²) in [5, 5.41) is 8.29. The van der Waals surface area contributed by atoms with Crippen LogP contribution in [-0.4, -0.2) is 33.4 Å². The number of hydrogen-bond donors (Lipinski definition) is 2. The van der Waals surface area contributed by atoms with Gasteiger partial charge in [-0.1, -0.05) is 6.92 Å². The predicted octanol–water partition coefficient (Wildman–Crippen LogP) is 3.33. The van der Waals surface area contributed by atoms with E-state index in [0.29, 0.717) is 29.3 Å². The van der Waals surface area contributed by atoms with E-state index in [1.165, 1.54) is 11.3 Å². The normalized spacial score (nSPS) is 25.1. The van der Waals surface area contributed by atoms with Crippen LogP contribution in [-0.2, 0) is 4.79 Å². The van der Waals surface area contributed by atoms with Gasteiger partial charge in [0.2, 0.25) is 0 Å². The third-order valence-corrected chi connectivity index (χ3v) is 7.16. The zero-order chi connectivity index (χ0) is 19.2. The van der Waals surface area contributed by atoms with E-state index >= 15 is 0 Å². The second-order valence-electron chi connectivity index (χ2n) is 7.22. The van der Waals surface area contributed by atoms with Crippen molar-refractivity contribution < 1.29 is 14.4 Å². The largest absolute Gasteiger partial charge is 0.344 e. The summed E-state index contributed by atoms with van der Waals surface area (Å²) in [5.74, 6) is -0.316. The Balaban J connectivity index is 1.52. The van der Waals surface area contributed by atoms with Crippen molar-refractivity contribution in [2.24, 2.45) is 5.92 Å². The minimum Gasteiger partial charge on any atom is -0.322 e. The number of aromatic nitrogens is 1. The number of rotatable bonds is 3. The van der Waals surface area contributed by atoms with Crippen LogP contribution in [0.25, 0.3) is 10.6 Å². The van der Waals surface area contributed by atoms with E-state index in [1.54, 1.807) is 18.3 Å². The number of nitrogens with one attached hydrogen (secondary N) is 2. The summed E-state index contributed by atoms with van der Waals surface area (Å²) < 4.78 is 0. The number of nitrogens with zero attached hydrogens (tertiary/aromatic N) is 2. The van der Waals surface area contributed by atoms with Crippen molar-refractivity contribution in [2.45, 2.75) is 45.1 Å². The van der Waals surface area contributed by atoms with E-state index < -0.39 is 17.5 Å². The quantitative estimate of drug-likeness (QED) is 0.768. The average molecular weight is 405 g/mol. The van der Waals surface area contributed by atoms with E-state index in [4.69, 9.17) is 0 Å². The fourth-order valence-electron chi connectivity index (χ4n) is 3.58. The summed E-state index contributed by atoms with van der Waals surface area (Å²) in [5.41, 5.74) is 3.14. The molecule has 1 aliphatic heterocycles. The third-order valence-electron chi connectivity index (χ3n) is 5.27. The Bertz CT molecular complexity index is 898. The molecule has 3 heterocycles. The number of thiazole rings is 1. The van der Waals surface area contributed by atoms with E-state index in [0.717, 1.165) is 28.4 Å². The van der Waals surface area contributed by atoms with Gasteiger partial charge in [-0.25, -0.2) is 9.78 Å². The van der Waals surface area contributed by atoms with Gasteiger partial charge in [-0.3, -0.25) is 15.0 Å². The van der Waals surface area contributed by atoms with Crippen LogP contribution >= 0.6 is 22.7 Å². The summed E-state index contributed by atoms with van der Waals surface area (Å²) in [6.45, 7) is 3.89. The highest BCUT2D eigenvalue weighted by molar-refractivity contribution is 7.17. The fraction of sp³-hybridized carbons (Fsp3) is 0.444. The van der Waals surface area contributed by atoms with Crippen LogP contribution in [0, 0.1) is 12.8 Å². The maximum atomic E-state index is 12.9. The lowest BCUT2D eigenvalue weighted by molar-refractivity contribution is -0.134. The summed E-state index contributed by atoms with van der Waals surface area (Å²) >= 11 is 2.81. The molecule has 4 amide bonds. The van der Waals surface area contributed by atoms with Crippen LogP contribution in [0.1, 0.15) is 48.0 Å². The van der Waals surface area contributed by atoms with E-state index in [2.05, 4.69) is 22.7 Å². The van der Waals surface area contributed by atoms with Crippen LogP contribution in [0.2, 0.25) is 0 Å². The molecule has 1 aliphatic carbocycles. The van der Waals surface area contributed by atoms with Crippen molar-refractivity contribution in [3.05, 3.63) is 27.4 Å². The monoisotopic (exact) mass is 404 g/mol. The topological polar surface area (TPSA) is 91.4 Å². The van der Waals surface area contributed by atoms with Crippen molar-refractivity contribution in [3.8, 4) is 10.6 Å².